The third-order valence-electron chi connectivity index (χ3n) is 4.41. The van der Waals surface area contributed by atoms with Gasteiger partial charge in [0.15, 0.2) is 0 Å². The zero-order chi connectivity index (χ0) is 12.1. The van der Waals surface area contributed by atoms with Crippen LogP contribution in [0, 0.1) is 5.92 Å². The van der Waals surface area contributed by atoms with Gasteiger partial charge < -0.3 is 9.64 Å². The van der Waals surface area contributed by atoms with Crippen LogP contribution in [-0.4, -0.2) is 37.1 Å². The highest BCUT2D eigenvalue weighted by atomic mass is 16.5. The molecule has 2 aliphatic rings. The van der Waals surface area contributed by atoms with Crippen molar-refractivity contribution in [1.82, 2.24) is 4.90 Å². The summed E-state index contributed by atoms with van der Waals surface area (Å²) < 4.78 is 4.69. The van der Waals surface area contributed by atoms with Crippen molar-refractivity contribution >= 4 is 5.97 Å². The second-order valence-electron chi connectivity index (χ2n) is 5.47. The SMILES string of the molecule is COC(=O)CCCN1CCCC2CCCCC21. The maximum atomic E-state index is 11.1. The van der Waals surface area contributed by atoms with Gasteiger partial charge in [-0.1, -0.05) is 12.8 Å². The number of hydrogen-bond acceptors (Lipinski definition) is 3. The second-order valence-corrected chi connectivity index (χ2v) is 5.47. The summed E-state index contributed by atoms with van der Waals surface area (Å²) in [6.45, 7) is 2.32. The van der Waals surface area contributed by atoms with E-state index in [-0.39, 0.29) is 5.97 Å². The molecule has 0 N–H and O–H groups in total. The van der Waals surface area contributed by atoms with Gasteiger partial charge in [-0.3, -0.25) is 4.79 Å². The van der Waals surface area contributed by atoms with Crippen LogP contribution in [0.1, 0.15) is 51.4 Å². The Morgan fingerprint density at radius 1 is 1.24 bits per heavy atom. The molecule has 1 heterocycles. The van der Waals surface area contributed by atoms with E-state index < -0.39 is 0 Å². The molecule has 0 aromatic rings. The lowest BCUT2D eigenvalue weighted by Gasteiger charge is -2.44. The van der Waals surface area contributed by atoms with Crippen molar-refractivity contribution in [3.63, 3.8) is 0 Å². The fourth-order valence-corrected chi connectivity index (χ4v) is 3.53. The summed E-state index contributed by atoms with van der Waals surface area (Å²) in [6, 6.07) is 0.815. The molecule has 0 radical (unpaired) electrons. The van der Waals surface area contributed by atoms with Gasteiger partial charge in [-0.25, -0.2) is 0 Å². The Morgan fingerprint density at radius 2 is 2.00 bits per heavy atom. The zero-order valence-corrected chi connectivity index (χ0v) is 11.0. The molecule has 0 amide bonds. The summed E-state index contributed by atoms with van der Waals surface area (Å²) in [7, 11) is 1.47. The lowest BCUT2D eigenvalue weighted by Crippen LogP contribution is -2.47. The number of esters is 1. The number of methoxy groups -OCH3 is 1. The van der Waals surface area contributed by atoms with Crippen LogP contribution in [0.5, 0.6) is 0 Å². The Hall–Kier alpha value is -0.570. The predicted molar refractivity (Wildman–Crippen MR) is 67.8 cm³/mol. The van der Waals surface area contributed by atoms with Crippen molar-refractivity contribution in [3.8, 4) is 0 Å². The first kappa shape index (κ1) is 12.9. The highest BCUT2D eigenvalue weighted by Crippen LogP contribution is 2.35. The summed E-state index contributed by atoms with van der Waals surface area (Å²) in [5.74, 6) is 0.873. The van der Waals surface area contributed by atoms with E-state index in [0.29, 0.717) is 6.42 Å². The van der Waals surface area contributed by atoms with Crippen molar-refractivity contribution in [2.45, 2.75) is 57.4 Å². The van der Waals surface area contributed by atoms with E-state index in [4.69, 9.17) is 0 Å². The third-order valence-corrected chi connectivity index (χ3v) is 4.41. The highest BCUT2D eigenvalue weighted by molar-refractivity contribution is 5.69. The Balaban J connectivity index is 1.76. The fraction of sp³-hybridized carbons (Fsp3) is 0.929. The van der Waals surface area contributed by atoms with E-state index >= 15 is 0 Å². The van der Waals surface area contributed by atoms with E-state index in [1.165, 1.54) is 52.2 Å². The quantitative estimate of drug-likeness (QED) is 0.706. The van der Waals surface area contributed by atoms with Crippen molar-refractivity contribution in [1.29, 1.82) is 0 Å². The maximum absolute atomic E-state index is 11.1. The van der Waals surface area contributed by atoms with Gasteiger partial charge in [0.2, 0.25) is 0 Å². The molecule has 1 saturated carbocycles. The van der Waals surface area contributed by atoms with E-state index in [2.05, 4.69) is 9.64 Å². The van der Waals surface area contributed by atoms with Crippen LogP contribution >= 0.6 is 0 Å². The third kappa shape index (κ3) is 3.44. The molecule has 0 aromatic heterocycles. The first-order valence-corrected chi connectivity index (χ1v) is 7.12. The summed E-state index contributed by atoms with van der Waals surface area (Å²) in [5.41, 5.74) is 0. The van der Waals surface area contributed by atoms with Gasteiger partial charge in [0.05, 0.1) is 7.11 Å². The molecule has 1 aliphatic heterocycles. The van der Waals surface area contributed by atoms with Crippen LogP contribution in [0.3, 0.4) is 0 Å². The molecule has 1 aliphatic carbocycles. The van der Waals surface area contributed by atoms with Crippen molar-refractivity contribution in [3.05, 3.63) is 0 Å². The lowest BCUT2D eigenvalue weighted by atomic mass is 9.78. The standard InChI is InChI=1S/C14H25NO2/c1-17-14(16)9-5-11-15-10-4-7-12-6-2-3-8-13(12)15/h12-13H,2-11H2,1H3. The van der Waals surface area contributed by atoms with Crippen molar-refractivity contribution in [2.24, 2.45) is 5.92 Å². The molecule has 2 unspecified atom stereocenters. The van der Waals surface area contributed by atoms with Crippen LogP contribution < -0.4 is 0 Å². The number of carbonyl (C=O) groups excluding carboxylic acids is 1. The number of piperidine rings is 1. The Morgan fingerprint density at radius 3 is 2.82 bits per heavy atom. The van der Waals surface area contributed by atoms with Crippen LogP contribution in [0.4, 0.5) is 0 Å². The molecule has 98 valence electrons. The van der Waals surface area contributed by atoms with E-state index in [1.54, 1.807) is 0 Å². The minimum absolute atomic E-state index is 0.0674. The Bertz CT molecular complexity index is 253. The molecule has 17 heavy (non-hydrogen) atoms. The number of hydrogen-bond donors (Lipinski definition) is 0. The molecule has 1 saturated heterocycles. The van der Waals surface area contributed by atoms with Crippen molar-refractivity contribution in [2.75, 3.05) is 20.2 Å². The smallest absolute Gasteiger partial charge is 0.305 e. The number of carbonyl (C=O) groups is 1. The largest absolute Gasteiger partial charge is 0.469 e. The van der Waals surface area contributed by atoms with Gasteiger partial charge in [0.1, 0.15) is 0 Å². The minimum atomic E-state index is -0.0674. The Labute approximate surface area is 105 Å². The first-order chi connectivity index (χ1) is 8.31. The van der Waals surface area contributed by atoms with Gasteiger partial charge in [0.25, 0.3) is 0 Å². The van der Waals surface area contributed by atoms with Gasteiger partial charge in [-0.2, -0.15) is 0 Å². The summed E-state index contributed by atoms with van der Waals surface area (Å²) in [5, 5.41) is 0. The molecule has 3 heteroatoms. The second kappa shape index (κ2) is 6.39. The monoisotopic (exact) mass is 239 g/mol. The molecular formula is C14H25NO2. The van der Waals surface area contributed by atoms with Gasteiger partial charge in [-0.05, 0) is 51.1 Å². The average Bonchev–Trinajstić information content (AvgIpc) is 2.39. The Kier molecular flexibility index (Phi) is 4.84. The molecular weight excluding hydrogens is 214 g/mol. The molecule has 0 aromatic carbocycles. The number of nitrogens with zero attached hydrogens (tertiary/aromatic N) is 1. The molecule has 0 bridgehead atoms. The molecule has 3 nitrogen and oxygen atoms in total. The minimum Gasteiger partial charge on any atom is -0.469 e. The summed E-state index contributed by atoms with van der Waals surface area (Å²) in [6.07, 6.45) is 9.94. The number of ether oxygens (including phenoxy) is 1. The van der Waals surface area contributed by atoms with Crippen molar-refractivity contribution < 1.29 is 9.53 Å². The lowest BCUT2D eigenvalue weighted by molar-refractivity contribution is -0.140. The fourth-order valence-electron chi connectivity index (χ4n) is 3.53. The molecule has 2 atom stereocenters. The topological polar surface area (TPSA) is 29.5 Å². The van der Waals surface area contributed by atoms with Gasteiger partial charge >= 0.3 is 5.97 Å². The number of likely N-dealkylation sites (tertiary alicyclic amines) is 1. The molecule has 2 fully saturated rings. The average molecular weight is 239 g/mol. The van der Waals surface area contributed by atoms with Crippen LogP contribution in [0.15, 0.2) is 0 Å². The van der Waals surface area contributed by atoms with E-state index in [9.17, 15) is 4.79 Å². The number of fused-ring (bicyclic) bond motifs is 1. The molecule has 2 rings (SSSR count). The first-order valence-electron chi connectivity index (χ1n) is 7.12. The summed E-state index contributed by atoms with van der Waals surface area (Å²) in [4.78, 5) is 13.7. The normalized spacial score (nSPS) is 29.7. The zero-order valence-electron chi connectivity index (χ0n) is 11.0. The van der Waals surface area contributed by atoms with Crippen LogP contribution in [0.25, 0.3) is 0 Å². The van der Waals surface area contributed by atoms with E-state index in [0.717, 1.165) is 24.9 Å². The highest BCUT2D eigenvalue weighted by Gasteiger charge is 2.32. The van der Waals surface area contributed by atoms with Gasteiger partial charge in [-0.15, -0.1) is 0 Å². The van der Waals surface area contributed by atoms with Crippen LogP contribution in [-0.2, 0) is 9.53 Å². The molecule has 0 spiro atoms. The number of rotatable bonds is 4. The van der Waals surface area contributed by atoms with E-state index in [1.807, 2.05) is 0 Å². The van der Waals surface area contributed by atoms with Crippen LogP contribution in [0.2, 0.25) is 0 Å². The van der Waals surface area contributed by atoms with Gasteiger partial charge in [0, 0.05) is 12.5 Å². The maximum Gasteiger partial charge on any atom is 0.305 e. The summed E-state index contributed by atoms with van der Waals surface area (Å²) >= 11 is 0. The predicted octanol–water partition coefficient (Wildman–Crippen LogP) is 2.59.